The van der Waals surface area contributed by atoms with Crippen molar-refractivity contribution in [3.8, 4) is 0 Å². The van der Waals surface area contributed by atoms with Crippen LogP contribution in [0.25, 0.3) is 0 Å². The normalized spacial score (nSPS) is 16.5. The summed E-state index contributed by atoms with van der Waals surface area (Å²) in [7, 11) is -1.90. The number of aromatic nitrogens is 1. The van der Waals surface area contributed by atoms with E-state index in [0.717, 1.165) is 0 Å². The molecule has 0 saturated carbocycles. The number of ether oxygens (including phenoxy) is 1. The molecule has 1 aromatic heterocycles. The number of nitrogens with zero attached hydrogens (tertiary/aromatic N) is 1. The van der Waals surface area contributed by atoms with Gasteiger partial charge in [-0.05, 0) is 32.8 Å². The number of thiazole rings is 1. The molecule has 0 radical (unpaired) electrons. The summed E-state index contributed by atoms with van der Waals surface area (Å²) in [4.78, 5) is 27.2. The number of carboxylic acid groups (broad SMARTS) is 1. The maximum Gasteiger partial charge on any atom is 0.356 e. The first kappa shape index (κ1) is 16.0. The largest absolute Gasteiger partial charge is 0.476 e. The van der Waals surface area contributed by atoms with Gasteiger partial charge in [0.15, 0.2) is 5.69 Å². The van der Waals surface area contributed by atoms with Gasteiger partial charge in [-0.15, -0.1) is 11.3 Å². The Morgan fingerprint density at radius 3 is 2.42 bits per heavy atom. The SMILES string of the molecule is CCS(C)(C(=O)OC(C)(C)C)c1nc(C(=O)O)cs1. The molecule has 1 heterocycles. The van der Waals surface area contributed by atoms with Crippen LogP contribution in [0, 0.1) is 0 Å². The molecule has 0 aliphatic heterocycles. The van der Waals surface area contributed by atoms with Crippen LogP contribution in [0.15, 0.2) is 9.72 Å². The minimum Gasteiger partial charge on any atom is -0.476 e. The molecule has 0 saturated heterocycles. The predicted octanol–water partition coefficient (Wildman–Crippen LogP) is 3.59. The first-order valence-corrected chi connectivity index (χ1v) is 8.87. The van der Waals surface area contributed by atoms with Crippen LogP contribution in [0.3, 0.4) is 0 Å². The lowest BCUT2D eigenvalue weighted by Crippen LogP contribution is -2.27. The third-order valence-corrected chi connectivity index (χ3v) is 7.28. The van der Waals surface area contributed by atoms with Crippen LogP contribution >= 0.6 is 21.4 Å². The summed E-state index contributed by atoms with van der Waals surface area (Å²) in [6.07, 6.45) is 1.81. The molecule has 1 unspecified atom stereocenters. The van der Waals surface area contributed by atoms with Gasteiger partial charge < -0.3 is 9.84 Å². The summed E-state index contributed by atoms with van der Waals surface area (Å²) in [6, 6.07) is 0. The molecule has 0 amide bonds. The fourth-order valence-electron chi connectivity index (χ4n) is 1.22. The Labute approximate surface area is 118 Å². The van der Waals surface area contributed by atoms with E-state index in [-0.39, 0.29) is 11.0 Å². The van der Waals surface area contributed by atoms with Crippen LogP contribution in [0.1, 0.15) is 38.2 Å². The second-order valence-corrected chi connectivity index (χ2v) is 9.73. The summed E-state index contributed by atoms with van der Waals surface area (Å²) >= 11 is 1.21. The Morgan fingerprint density at radius 2 is 2.05 bits per heavy atom. The molecule has 0 aliphatic carbocycles. The summed E-state index contributed by atoms with van der Waals surface area (Å²) in [5.74, 6) is -0.501. The van der Waals surface area contributed by atoms with E-state index in [4.69, 9.17) is 9.84 Å². The van der Waals surface area contributed by atoms with E-state index < -0.39 is 21.6 Å². The van der Waals surface area contributed by atoms with E-state index in [1.165, 1.54) is 16.7 Å². The summed E-state index contributed by atoms with van der Waals surface area (Å²) < 4.78 is 5.99. The highest BCUT2D eigenvalue weighted by atomic mass is 32.3. The van der Waals surface area contributed by atoms with Gasteiger partial charge in [-0.2, -0.15) is 0 Å². The molecular formula is C12H19NO4S2. The lowest BCUT2D eigenvalue weighted by Gasteiger charge is -2.32. The first-order chi connectivity index (χ1) is 8.60. The van der Waals surface area contributed by atoms with E-state index in [2.05, 4.69) is 4.98 Å². The molecule has 7 heteroatoms. The van der Waals surface area contributed by atoms with Crippen molar-refractivity contribution in [1.82, 2.24) is 4.98 Å². The van der Waals surface area contributed by atoms with E-state index in [9.17, 15) is 9.59 Å². The smallest absolute Gasteiger partial charge is 0.356 e. The van der Waals surface area contributed by atoms with Crippen LogP contribution < -0.4 is 0 Å². The molecule has 0 fully saturated rings. The molecule has 0 aliphatic rings. The summed E-state index contributed by atoms with van der Waals surface area (Å²) in [6.45, 7) is 7.32. The van der Waals surface area contributed by atoms with Gasteiger partial charge in [-0.25, -0.2) is 14.6 Å². The Hall–Kier alpha value is -1.08. The van der Waals surface area contributed by atoms with Gasteiger partial charge in [0.25, 0.3) is 0 Å². The number of carbonyl (C=O) groups excluding carboxylic acids is 1. The summed E-state index contributed by atoms with van der Waals surface area (Å²) in [5, 5.41) is 10.1. The maximum absolute atomic E-state index is 12.3. The second kappa shape index (κ2) is 5.50. The van der Waals surface area contributed by atoms with Crippen molar-refractivity contribution >= 4 is 32.6 Å². The average molecular weight is 305 g/mol. The average Bonchev–Trinajstić information content (AvgIpc) is 2.75. The third kappa shape index (κ3) is 3.70. The van der Waals surface area contributed by atoms with Gasteiger partial charge in [0.1, 0.15) is 9.94 Å². The number of carbonyl (C=O) groups is 2. The molecule has 0 bridgehead atoms. The van der Waals surface area contributed by atoms with Gasteiger partial charge in [-0.1, -0.05) is 17.0 Å². The molecule has 0 spiro atoms. The summed E-state index contributed by atoms with van der Waals surface area (Å²) in [5.41, 5.74) is -0.580. The van der Waals surface area contributed by atoms with Crippen molar-refractivity contribution in [2.75, 3.05) is 12.0 Å². The lowest BCUT2D eigenvalue weighted by atomic mass is 10.2. The number of hydrogen-bond acceptors (Lipinski definition) is 5. The molecular weight excluding hydrogens is 286 g/mol. The van der Waals surface area contributed by atoms with Gasteiger partial charge in [0.2, 0.25) is 0 Å². The van der Waals surface area contributed by atoms with Crippen molar-refractivity contribution in [2.45, 2.75) is 37.6 Å². The second-order valence-electron chi connectivity index (χ2n) is 5.14. The number of aromatic carboxylic acids is 1. The standard InChI is InChI=1S/C12H19NO4S2/c1-6-19(5,11(16)17-12(2,3)4)10-13-8(7-18-10)9(14)15/h7H,6H2,1-5H3,(H,14,15). The maximum atomic E-state index is 12.3. The molecule has 108 valence electrons. The zero-order valence-corrected chi connectivity index (χ0v) is 13.4. The highest BCUT2D eigenvalue weighted by molar-refractivity contribution is 8.45. The van der Waals surface area contributed by atoms with Gasteiger partial charge in [-0.3, -0.25) is 0 Å². The van der Waals surface area contributed by atoms with Crippen LogP contribution in [-0.4, -0.2) is 39.0 Å². The van der Waals surface area contributed by atoms with Gasteiger partial charge in [0, 0.05) is 5.38 Å². The molecule has 5 nitrogen and oxygen atoms in total. The molecule has 1 N–H and O–H groups in total. The Kier molecular flexibility index (Phi) is 4.63. The molecule has 1 aromatic rings. The first-order valence-electron chi connectivity index (χ1n) is 5.78. The van der Waals surface area contributed by atoms with Crippen LogP contribution in [-0.2, 0) is 4.74 Å². The van der Waals surface area contributed by atoms with Crippen LogP contribution in [0.5, 0.6) is 0 Å². The zero-order chi connectivity index (χ0) is 14.8. The van der Waals surface area contributed by atoms with Crippen molar-refractivity contribution in [1.29, 1.82) is 0 Å². The predicted molar refractivity (Wildman–Crippen MR) is 77.6 cm³/mol. The van der Waals surface area contributed by atoms with Crippen LogP contribution in [0.4, 0.5) is 4.79 Å². The van der Waals surface area contributed by atoms with E-state index in [0.29, 0.717) is 10.1 Å². The number of hydrogen-bond donors (Lipinski definition) is 1. The molecule has 19 heavy (non-hydrogen) atoms. The highest BCUT2D eigenvalue weighted by Gasteiger charge is 2.35. The minimum absolute atomic E-state index is 0.0178. The Bertz CT molecular complexity index is 492. The molecule has 1 rings (SSSR count). The molecule has 1 atom stereocenters. The Morgan fingerprint density at radius 1 is 1.47 bits per heavy atom. The van der Waals surface area contributed by atoms with E-state index in [1.807, 2.05) is 34.0 Å². The minimum atomic E-state index is -1.90. The fourth-order valence-corrected chi connectivity index (χ4v) is 4.64. The van der Waals surface area contributed by atoms with Crippen molar-refractivity contribution in [3.05, 3.63) is 11.1 Å². The highest BCUT2D eigenvalue weighted by Crippen LogP contribution is 2.55. The molecule has 0 aromatic carbocycles. The fraction of sp³-hybridized carbons (Fsp3) is 0.583. The van der Waals surface area contributed by atoms with Crippen molar-refractivity contribution in [2.24, 2.45) is 0 Å². The van der Waals surface area contributed by atoms with Crippen molar-refractivity contribution in [3.63, 3.8) is 0 Å². The van der Waals surface area contributed by atoms with Gasteiger partial charge in [0.05, 0.1) is 0 Å². The van der Waals surface area contributed by atoms with E-state index in [1.54, 1.807) is 0 Å². The monoisotopic (exact) mass is 305 g/mol. The number of rotatable bonds is 3. The van der Waals surface area contributed by atoms with E-state index >= 15 is 0 Å². The zero-order valence-electron chi connectivity index (χ0n) is 11.7. The van der Waals surface area contributed by atoms with Gasteiger partial charge >= 0.3 is 11.3 Å². The topological polar surface area (TPSA) is 76.5 Å². The lowest BCUT2D eigenvalue weighted by molar-refractivity contribution is 0.0686. The van der Waals surface area contributed by atoms with Crippen LogP contribution in [0.2, 0.25) is 0 Å². The van der Waals surface area contributed by atoms with Crippen molar-refractivity contribution < 1.29 is 19.4 Å². The quantitative estimate of drug-likeness (QED) is 0.864. The Balaban J connectivity index is 3.08. The number of carboxylic acids is 1. The third-order valence-electron chi connectivity index (χ3n) is 2.42.